The number of carbonyl (C=O) groups excluding carboxylic acids is 1. The minimum atomic E-state index is -0.283. The van der Waals surface area contributed by atoms with E-state index in [0.29, 0.717) is 19.0 Å². The number of carbonyl (C=O) groups is 1. The molecule has 2 amide bonds. The fraction of sp³-hybridized carbons (Fsp3) is 0.474. The van der Waals surface area contributed by atoms with Crippen LogP contribution in [0.3, 0.4) is 0 Å². The molecule has 1 atom stereocenters. The molecule has 6 nitrogen and oxygen atoms in total. The first-order valence-corrected chi connectivity index (χ1v) is 8.98. The molecule has 1 aromatic carbocycles. The van der Waals surface area contributed by atoms with Crippen molar-refractivity contribution in [1.29, 1.82) is 0 Å². The third-order valence-corrected chi connectivity index (χ3v) is 4.69. The zero-order chi connectivity index (χ0) is 18.4. The number of rotatable bonds is 6. The van der Waals surface area contributed by atoms with E-state index < -0.39 is 0 Å². The minimum Gasteiger partial charge on any atom is -0.381 e. The summed E-state index contributed by atoms with van der Waals surface area (Å²) in [6.07, 6.45) is 4.90. The first-order chi connectivity index (χ1) is 12.6. The number of aromatic nitrogens is 2. The standard InChI is InChI=1S/C19H25FN4O2/c1-24(19(25)21-9-8-14-3-2-10-26-13-14)12-16-11-22-23-18(16)15-4-6-17(20)7-5-15/h4-7,11,14H,2-3,8-10,12-13H2,1H3,(H,21,25)(H,22,23)/t14-/m0/s1. The average Bonchev–Trinajstić information content (AvgIpc) is 3.11. The monoisotopic (exact) mass is 360 g/mol. The van der Waals surface area contributed by atoms with Crippen LogP contribution in [0.2, 0.25) is 0 Å². The third kappa shape index (κ3) is 4.82. The molecule has 2 aromatic rings. The van der Waals surface area contributed by atoms with Gasteiger partial charge in [-0.3, -0.25) is 5.10 Å². The molecular weight excluding hydrogens is 335 g/mol. The molecule has 0 spiro atoms. The highest BCUT2D eigenvalue weighted by molar-refractivity contribution is 5.74. The molecule has 1 aromatic heterocycles. The van der Waals surface area contributed by atoms with Crippen molar-refractivity contribution in [3.05, 3.63) is 41.8 Å². The normalized spacial score (nSPS) is 17.1. The van der Waals surface area contributed by atoms with Crippen molar-refractivity contribution >= 4 is 6.03 Å². The summed E-state index contributed by atoms with van der Waals surface area (Å²) in [7, 11) is 1.75. The van der Waals surface area contributed by atoms with E-state index in [1.165, 1.54) is 18.6 Å². The van der Waals surface area contributed by atoms with Crippen LogP contribution in [0.4, 0.5) is 9.18 Å². The van der Waals surface area contributed by atoms with Crippen molar-refractivity contribution in [2.24, 2.45) is 5.92 Å². The van der Waals surface area contributed by atoms with Gasteiger partial charge in [0.15, 0.2) is 0 Å². The van der Waals surface area contributed by atoms with Crippen molar-refractivity contribution in [2.75, 3.05) is 26.8 Å². The maximum absolute atomic E-state index is 13.1. The van der Waals surface area contributed by atoms with E-state index in [1.807, 2.05) is 0 Å². The van der Waals surface area contributed by atoms with Crippen molar-refractivity contribution in [1.82, 2.24) is 20.4 Å². The summed E-state index contributed by atoms with van der Waals surface area (Å²) in [4.78, 5) is 13.9. The lowest BCUT2D eigenvalue weighted by atomic mass is 9.99. The second kappa shape index (κ2) is 8.80. The Kier molecular flexibility index (Phi) is 6.22. The van der Waals surface area contributed by atoms with Gasteiger partial charge in [0, 0.05) is 37.9 Å². The summed E-state index contributed by atoms with van der Waals surface area (Å²) >= 11 is 0. The Balaban J connectivity index is 1.51. The van der Waals surface area contributed by atoms with Crippen LogP contribution in [0.25, 0.3) is 11.3 Å². The van der Waals surface area contributed by atoms with E-state index in [4.69, 9.17) is 4.74 Å². The van der Waals surface area contributed by atoms with Gasteiger partial charge in [-0.25, -0.2) is 9.18 Å². The number of nitrogens with one attached hydrogen (secondary N) is 2. The van der Waals surface area contributed by atoms with Crippen LogP contribution in [-0.2, 0) is 11.3 Å². The Labute approximate surface area is 152 Å². The van der Waals surface area contributed by atoms with Crippen LogP contribution in [0, 0.1) is 11.7 Å². The van der Waals surface area contributed by atoms with E-state index >= 15 is 0 Å². The highest BCUT2D eigenvalue weighted by atomic mass is 19.1. The predicted molar refractivity (Wildman–Crippen MR) is 97.0 cm³/mol. The predicted octanol–water partition coefficient (Wildman–Crippen LogP) is 3.17. The van der Waals surface area contributed by atoms with Gasteiger partial charge in [0.2, 0.25) is 0 Å². The van der Waals surface area contributed by atoms with Crippen LogP contribution < -0.4 is 5.32 Å². The fourth-order valence-electron chi connectivity index (χ4n) is 3.18. The Morgan fingerprint density at radius 3 is 2.96 bits per heavy atom. The van der Waals surface area contributed by atoms with Gasteiger partial charge in [-0.2, -0.15) is 5.10 Å². The summed E-state index contributed by atoms with van der Waals surface area (Å²) in [6.45, 7) is 2.71. The van der Waals surface area contributed by atoms with Crippen LogP contribution in [-0.4, -0.2) is 47.9 Å². The van der Waals surface area contributed by atoms with Crippen molar-refractivity contribution < 1.29 is 13.9 Å². The summed E-state index contributed by atoms with van der Waals surface area (Å²) < 4.78 is 18.6. The topological polar surface area (TPSA) is 70.2 Å². The SMILES string of the molecule is CN(Cc1cn[nH]c1-c1ccc(F)cc1)C(=O)NCC[C@@H]1CCCOC1. The van der Waals surface area contributed by atoms with Crippen molar-refractivity contribution in [3.63, 3.8) is 0 Å². The number of benzene rings is 1. The average molecular weight is 360 g/mol. The molecule has 3 rings (SSSR count). The van der Waals surface area contributed by atoms with Crippen LogP contribution in [0.15, 0.2) is 30.5 Å². The summed E-state index contributed by atoms with van der Waals surface area (Å²) in [6, 6.07) is 6.08. The van der Waals surface area contributed by atoms with Gasteiger partial charge < -0.3 is 15.0 Å². The molecule has 0 saturated carbocycles. The fourth-order valence-corrected chi connectivity index (χ4v) is 3.18. The summed E-state index contributed by atoms with van der Waals surface area (Å²) in [5.41, 5.74) is 2.52. The molecule has 0 radical (unpaired) electrons. The quantitative estimate of drug-likeness (QED) is 0.831. The molecule has 2 heterocycles. The second-order valence-corrected chi connectivity index (χ2v) is 6.74. The lowest BCUT2D eigenvalue weighted by Gasteiger charge is -2.23. The van der Waals surface area contributed by atoms with Crippen LogP contribution >= 0.6 is 0 Å². The molecule has 2 N–H and O–H groups in total. The number of halogens is 1. The highest BCUT2D eigenvalue weighted by Gasteiger charge is 2.16. The molecular formula is C19H25FN4O2. The van der Waals surface area contributed by atoms with E-state index in [2.05, 4.69) is 15.5 Å². The van der Waals surface area contributed by atoms with E-state index in [-0.39, 0.29) is 11.8 Å². The molecule has 0 bridgehead atoms. The number of hydrogen-bond acceptors (Lipinski definition) is 3. The van der Waals surface area contributed by atoms with Gasteiger partial charge in [-0.1, -0.05) is 0 Å². The summed E-state index contributed by atoms with van der Waals surface area (Å²) in [5.74, 6) is 0.253. The zero-order valence-corrected chi connectivity index (χ0v) is 15.0. The maximum Gasteiger partial charge on any atom is 0.317 e. The van der Waals surface area contributed by atoms with Crippen LogP contribution in [0.5, 0.6) is 0 Å². The van der Waals surface area contributed by atoms with Crippen molar-refractivity contribution in [2.45, 2.75) is 25.8 Å². The molecule has 26 heavy (non-hydrogen) atoms. The van der Waals surface area contributed by atoms with Gasteiger partial charge in [0.1, 0.15) is 5.82 Å². The Bertz CT molecular complexity index is 711. The summed E-state index contributed by atoms with van der Waals surface area (Å²) in [5, 5.41) is 9.95. The van der Waals surface area contributed by atoms with Gasteiger partial charge in [0.05, 0.1) is 18.4 Å². The molecule has 0 aliphatic carbocycles. The number of ether oxygens (including phenoxy) is 1. The lowest BCUT2D eigenvalue weighted by molar-refractivity contribution is 0.0519. The molecule has 7 heteroatoms. The number of H-pyrrole nitrogens is 1. The van der Waals surface area contributed by atoms with Gasteiger partial charge in [-0.05, 0) is 49.4 Å². The molecule has 140 valence electrons. The number of amides is 2. The van der Waals surface area contributed by atoms with Gasteiger partial charge in [-0.15, -0.1) is 0 Å². The van der Waals surface area contributed by atoms with Gasteiger partial charge in [0.25, 0.3) is 0 Å². The largest absolute Gasteiger partial charge is 0.381 e. The van der Waals surface area contributed by atoms with E-state index in [9.17, 15) is 9.18 Å². The zero-order valence-electron chi connectivity index (χ0n) is 15.0. The Hall–Kier alpha value is -2.41. The number of urea groups is 1. The first kappa shape index (κ1) is 18.4. The first-order valence-electron chi connectivity index (χ1n) is 8.98. The molecule has 1 aliphatic heterocycles. The minimum absolute atomic E-state index is 0.118. The second-order valence-electron chi connectivity index (χ2n) is 6.74. The Morgan fingerprint density at radius 2 is 2.23 bits per heavy atom. The number of nitrogens with zero attached hydrogens (tertiary/aromatic N) is 2. The van der Waals surface area contributed by atoms with Crippen molar-refractivity contribution in [3.8, 4) is 11.3 Å². The van der Waals surface area contributed by atoms with Gasteiger partial charge >= 0.3 is 6.03 Å². The van der Waals surface area contributed by atoms with E-state index in [1.54, 1.807) is 30.3 Å². The number of aromatic amines is 1. The maximum atomic E-state index is 13.1. The molecule has 0 unspecified atom stereocenters. The highest BCUT2D eigenvalue weighted by Crippen LogP contribution is 2.22. The van der Waals surface area contributed by atoms with Crippen LogP contribution in [0.1, 0.15) is 24.8 Å². The Morgan fingerprint density at radius 1 is 1.42 bits per heavy atom. The molecule has 1 aliphatic rings. The smallest absolute Gasteiger partial charge is 0.317 e. The molecule has 1 fully saturated rings. The van der Waals surface area contributed by atoms with E-state index in [0.717, 1.165) is 42.9 Å². The number of hydrogen-bond donors (Lipinski definition) is 2. The lowest BCUT2D eigenvalue weighted by Crippen LogP contribution is -2.38. The third-order valence-electron chi connectivity index (χ3n) is 4.69. The molecule has 1 saturated heterocycles.